The summed E-state index contributed by atoms with van der Waals surface area (Å²) >= 11 is 0. The summed E-state index contributed by atoms with van der Waals surface area (Å²) in [4.78, 5) is 17.9. The molecule has 0 amide bonds. The predicted octanol–water partition coefficient (Wildman–Crippen LogP) is 0.118. The number of ether oxygens (including phenoxy) is 2. The molecule has 6 heterocycles. The van der Waals surface area contributed by atoms with Gasteiger partial charge in [-0.1, -0.05) is 0 Å². The number of pyridine rings is 1. The minimum atomic E-state index is -0.593. The Morgan fingerprint density at radius 2 is 2.07 bits per heavy atom. The van der Waals surface area contributed by atoms with E-state index in [0.717, 1.165) is 31.7 Å². The number of piperidine rings is 1. The van der Waals surface area contributed by atoms with Gasteiger partial charge in [-0.2, -0.15) is 0 Å². The Morgan fingerprint density at radius 3 is 3.00 bits per heavy atom. The number of hydrogen-bond donors (Lipinski definition) is 2. The van der Waals surface area contributed by atoms with Gasteiger partial charge in [0.25, 0.3) is 5.56 Å². The Labute approximate surface area is 162 Å². The Kier molecular flexibility index (Phi) is 3.77. The van der Waals surface area contributed by atoms with Gasteiger partial charge in [0.2, 0.25) is 0 Å². The van der Waals surface area contributed by atoms with Crippen molar-refractivity contribution in [2.24, 2.45) is 5.92 Å². The minimum absolute atomic E-state index is 0.0318. The number of rotatable bonds is 2. The number of nitrogens with zero attached hydrogens (tertiary/aromatic N) is 3. The monoisotopic (exact) mass is 384 g/mol. The molecule has 2 aromatic rings. The quantitative estimate of drug-likeness (QED) is 0.764. The van der Waals surface area contributed by atoms with Crippen LogP contribution in [0.4, 0.5) is 0 Å². The van der Waals surface area contributed by atoms with Crippen LogP contribution in [0.25, 0.3) is 11.4 Å². The van der Waals surface area contributed by atoms with Gasteiger partial charge in [-0.3, -0.25) is 4.79 Å². The zero-order valence-corrected chi connectivity index (χ0v) is 15.5. The molecule has 4 aliphatic heterocycles. The molecule has 2 aromatic heterocycles. The maximum Gasteiger partial charge on any atom is 0.261 e. The van der Waals surface area contributed by atoms with E-state index < -0.39 is 6.10 Å². The lowest BCUT2D eigenvalue weighted by Gasteiger charge is -2.37. The van der Waals surface area contributed by atoms with Crippen LogP contribution in [0.2, 0.25) is 0 Å². The maximum absolute atomic E-state index is 13.4. The lowest BCUT2D eigenvalue weighted by atomic mass is 9.84. The van der Waals surface area contributed by atoms with E-state index in [1.165, 1.54) is 0 Å². The van der Waals surface area contributed by atoms with Crippen LogP contribution in [0.3, 0.4) is 0 Å². The van der Waals surface area contributed by atoms with Gasteiger partial charge >= 0.3 is 0 Å². The fourth-order valence-corrected chi connectivity index (χ4v) is 5.45. The highest BCUT2D eigenvalue weighted by Crippen LogP contribution is 2.37. The summed E-state index contributed by atoms with van der Waals surface area (Å²) in [5.41, 5.74) is 1.77. The second-order valence-electron chi connectivity index (χ2n) is 8.43. The van der Waals surface area contributed by atoms with Gasteiger partial charge < -0.3 is 29.0 Å². The first-order valence-corrected chi connectivity index (χ1v) is 10.1. The summed E-state index contributed by atoms with van der Waals surface area (Å²) in [5, 5.41) is 13.5. The molecule has 6 atom stereocenters. The molecule has 0 aliphatic carbocycles. The van der Waals surface area contributed by atoms with Gasteiger partial charge in [-0.15, -0.1) is 0 Å². The van der Waals surface area contributed by atoms with Gasteiger partial charge in [0, 0.05) is 37.1 Å². The minimum Gasteiger partial charge on any atom is -0.388 e. The highest BCUT2D eigenvalue weighted by molar-refractivity contribution is 5.55. The van der Waals surface area contributed by atoms with Crippen LogP contribution in [0.5, 0.6) is 0 Å². The Morgan fingerprint density at radius 1 is 1.18 bits per heavy atom. The molecule has 148 valence electrons. The standard InChI is InChI=1S/C20H24N4O4/c25-16-10-28-17-15(9-27-18(16)17)23-4-3-22-19(23)13-1-2-14-12-5-11(6-21-7-12)8-24(14)20(13)26/h1-4,11-12,15-18,21,25H,5-10H2/t11-,12+,15-,16-,17+,18+/m0/s1. The molecule has 0 saturated carbocycles. The number of hydrogen-bond acceptors (Lipinski definition) is 6. The molecular weight excluding hydrogens is 360 g/mol. The van der Waals surface area contributed by atoms with Crippen LogP contribution in [-0.4, -0.2) is 63.8 Å². The molecule has 28 heavy (non-hydrogen) atoms. The number of aliphatic hydroxyl groups excluding tert-OH is 1. The smallest absolute Gasteiger partial charge is 0.261 e. The van der Waals surface area contributed by atoms with Crippen molar-refractivity contribution in [3.05, 3.63) is 40.6 Å². The topological polar surface area (TPSA) is 90.5 Å². The first-order chi connectivity index (χ1) is 13.7. The number of aliphatic hydroxyl groups is 1. The van der Waals surface area contributed by atoms with E-state index in [1.54, 1.807) is 6.20 Å². The fourth-order valence-electron chi connectivity index (χ4n) is 5.45. The summed E-state index contributed by atoms with van der Waals surface area (Å²) in [5.74, 6) is 1.57. The highest BCUT2D eigenvalue weighted by Gasteiger charge is 2.48. The largest absolute Gasteiger partial charge is 0.388 e. The lowest BCUT2D eigenvalue weighted by molar-refractivity contribution is 0.0172. The molecule has 0 unspecified atom stereocenters. The first kappa shape index (κ1) is 16.9. The van der Waals surface area contributed by atoms with Crippen molar-refractivity contribution in [3.63, 3.8) is 0 Å². The number of imidazole rings is 1. The summed E-state index contributed by atoms with van der Waals surface area (Å²) in [6.45, 7) is 3.40. The Balaban J connectivity index is 1.40. The van der Waals surface area contributed by atoms with E-state index >= 15 is 0 Å². The molecule has 2 bridgehead atoms. The lowest BCUT2D eigenvalue weighted by Crippen LogP contribution is -2.45. The number of fused-ring (bicyclic) bond motifs is 5. The van der Waals surface area contributed by atoms with Crippen LogP contribution in [-0.2, 0) is 16.0 Å². The third-order valence-electron chi connectivity index (χ3n) is 6.78. The molecule has 6 rings (SSSR count). The zero-order valence-electron chi connectivity index (χ0n) is 15.5. The molecule has 3 saturated heterocycles. The van der Waals surface area contributed by atoms with E-state index in [4.69, 9.17) is 9.47 Å². The van der Waals surface area contributed by atoms with Crippen LogP contribution in [0, 0.1) is 5.92 Å². The average Bonchev–Trinajstić information content (AvgIpc) is 3.41. The van der Waals surface area contributed by atoms with Crippen LogP contribution in [0.1, 0.15) is 24.1 Å². The molecule has 3 fully saturated rings. The van der Waals surface area contributed by atoms with Gasteiger partial charge in [0.15, 0.2) is 0 Å². The van der Waals surface area contributed by atoms with E-state index in [0.29, 0.717) is 29.8 Å². The van der Waals surface area contributed by atoms with E-state index in [2.05, 4.69) is 16.4 Å². The Hall–Kier alpha value is -2.00. The highest BCUT2D eigenvalue weighted by atomic mass is 16.6. The molecule has 0 radical (unpaired) electrons. The fraction of sp³-hybridized carbons (Fsp3) is 0.600. The summed E-state index contributed by atoms with van der Waals surface area (Å²) in [6, 6.07) is 3.91. The molecule has 0 aromatic carbocycles. The van der Waals surface area contributed by atoms with E-state index in [9.17, 15) is 9.90 Å². The van der Waals surface area contributed by atoms with Gasteiger partial charge in [0.1, 0.15) is 24.1 Å². The summed E-state index contributed by atoms with van der Waals surface area (Å²) in [7, 11) is 0. The summed E-state index contributed by atoms with van der Waals surface area (Å²) in [6.07, 6.45) is 3.63. The van der Waals surface area contributed by atoms with Crippen LogP contribution in [0.15, 0.2) is 29.3 Å². The average molecular weight is 384 g/mol. The number of nitrogens with one attached hydrogen (secondary N) is 1. The Bertz CT molecular complexity index is 969. The number of aromatic nitrogens is 3. The third kappa shape index (κ3) is 2.38. The maximum atomic E-state index is 13.4. The molecule has 0 spiro atoms. The van der Waals surface area contributed by atoms with Gasteiger partial charge in [0.05, 0.1) is 24.8 Å². The van der Waals surface area contributed by atoms with Crippen molar-refractivity contribution in [3.8, 4) is 11.4 Å². The molecule has 2 N–H and O–H groups in total. The van der Waals surface area contributed by atoms with E-state index in [1.807, 2.05) is 21.4 Å². The van der Waals surface area contributed by atoms with Crippen molar-refractivity contribution in [2.75, 3.05) is 26.3 Å². The van der Waals surface area contributed by atoms with Crippen LogP contribution >= 0.6 is 0 Å². The van der Waals surface area contributed by atoms with Crippen LogP contribution < -0.4 is 10.9 Å². The predicted molar refractivity (Wildman–Crippen MR) is 100 cm³/mol. The third-order valence-corrected chi connectivity index (χ3v) is 6.78. The molecular formula is C20H24N4O4. The molecule has 4 aliphatic rings. The second kappa shape index (κ2) is 6.25. The van der Waals surface area contributed by atoms with E-state index in [-0.39, 0.29) is 30.4 Å². The molecule has 8 nitrogen and oxygen atoms in total. The first-order valence-electron chi connectivity index (χ1n) is 10.1. The SMILES string of the molecule is O=c1c(-c2nccn2[C@H]2CO[C@H]3[C@@H]2OC[C@@H]3O)ccc2n1C[C@@H]1CNC[C@H]2C1. The second-order valence-corrected chi connectivity index (χ2v) is 8.43. The summed E-state index contributed by atoms with van der Waals surface area (Å²) < 4.78 is 15.5. The van der Waals surface area contributed by atoms with Crippen molar-refractivity contribution < 1.29 is 14.6 Å². The van der Waals surface area contributed by atoms with Crippen molar-refractivity contribution in [2.45, 2.75) is 43.2 Å². The molecule has 8 heteroatoms. The van der Waals surface area contributed by atoms with Crippen molar-refractivity contribution in [1.82, 2.24) is 19.4 Å². The van der Waals surface area contributed by atoms with Gasteiger partial charge in [-0.05, 0) is 31.0 Å². The zero-order chi connectivity index (χ0) is 18.8. The normalized spacial score (nSPS) is 36.3. The van der Waals surface area contributed by atoms with Crippen molar-refractivity contribution >= 4 is 0 Å². The van der Waals surface area contributed by atoms with Crippen molar-refractivity contribution in [1.29, 1.82) is 0 Å². The van der Waals surface area contributed by atoms with Gasteiger partial charge in [-0.25, -0.2) is 4.98 Å².